The number of carbonyl (C=O) groups is 1. The number of piperazine rings is 1. The molecule has 3 heteroatoms. The Labute approximate surface area is 150 Å². The van der Waals surface area contributed by atoms with Crippen molar-refractivity contribution < 1.29 is 4.79 Å². The third kappa shape index (κ3) is 7.04. The van der Waals surface area contributed by atoms with Gasteiger partial charge in [0.2, 0.25) is 0 Å². The summed E-state index contributed by atoms with van der Waals surface area (Å²) in [6.45, 7) is 18.0. The lowest BCUT2D eigenvalue weighted by atomic mass is 10.0. The zero-order valence-corrected chi connectivity index (χ0v) is 15.8. The van der Waals surface area contributed by atoms with E-state index in [1.54, 1.807) is 0 Å². The number of rotatable bonds is 7. The Kier molecular flexibility index (Phi) is 10.6. The second-order valence-electron chi connectivity index (χ2n) is 6.99. The summed E-state index contributed by atoms with van der Waals surface area (Å²) in [5.41, 5.74) is 2.02. The summed E-state index contributed by atoms with van der Waals surface area (Å²) in [6, 6.07) is 0. The maximum Gasteiger partial charge on any atom is 0.165 e. The van der Waals surface area contributed by atoms with E-state index >= 15 is 0 Å². The zero-order chi connectivity index (χ0) is 17.4. The number of nitrogens with zero attached hydrogens (tertiary/aromatic N) is 2. The fourth-order valence-electron chi connectivity index (χ4n) is 2.92. The summed E-state index contributed by atoms with van der Waals surface area (Å²) in [5, 5.41) is 0. The minimum Gasteiger partial charge on any atom is -0.369 e. The molecule has 0 amide bonds. The molecule has 1 saturated heterocycles. The van der Waals surface area contributed by atoms with Crippen LogP contribution in [0.1, 0.15) is 49.0 Å². The van der Waals surface area contributed by atoms with Crippen LogP contribution in [0.4, 0.5) is 0 Å². The lowest BCUT2D eigenvalue weighted by molar-refractivity contribution is -0.117. The van der Waals surface area contributed by atoms with Crippen LogP contribution < -0.4 is 0 Å². The van der Waals surface area contributed by atoms with Gasteiger partial charge >= 0.3 is 0 Å². The molecule has 0 unspecified atom stereocenters. The molecule has 0 aromatic carbocycles. The second-order valence-corrected chi connectivity index (χ2v) is 6.99. The molecule has 0 spiro atoms. The highest BCUT2D eigenvalue weighted by Gasteiger charge is 2.18. The van der Waals surface area contributed by atoms with E-state index in [1.807, 2.05) is 32.9 Å². The zero-order valence-electron chi connectivity index (χ0n) is 15.8. The molecule has 1 aliphatic rings. The molecular formula is C21H38N2O. The number of ketones is 1. The minimum absolute atomic E-state index is 0. The SMILES string of the molecule is C.C\C=C(/C=C\C(=C/C)N1CCN(CC(C)C)CC1)C(=O)C(C)C. The van der Waals surface area contributed by atoms with Crippen LogP contribution in [-0.4, -0.2) is 48.3 Å². The van der Waals surface area contributed by atoms with Crippen molar-refractivity contribution in [3.05, 3.63) is 35.6 Å². The first-order valence-corrected chi connectivity index (χ1v) is 8.91. The lowest BCUT2D eigenvalue weighted by Gasteiger charge is -2.37. The Morgan fingerprint density at radius 3 is 1.96 bits per heavy atom. The van der Waals surface area contributed by atoms with Gasteiger partial charge in [-0.05, 0) is 31.9 Å². The van der Waals surface area contributed by atoms with E-state index in [4.69, 9.17) is 0 Å². The van der Waals surface area contributed by atoms with Gasteiger partial charge < -0.3 is 4.90 Å². The summed E-state index contributed by atoms with van der Waals surface area (Å²) in [7, 11) is 0. The molecule has 1 rings (SSSR count). The molecule has 0 aromatic rings. The van der Waals surface area contributed by atoms with Gasteiger partial charge in [0.25, 0.3) is 0 Å². The highest BCUT2D eigenvalue weighted by Crippen LogP contribution is 2.15. The summed E-state index contributed by atoms with van der Waals surface area (Å²) < 4.78 is 0. The summed E-state index contributed by atoms with van der Waals surface area (Å²) in [5.74, 6) is 0.974. The molecule has 0 atom stereocenters. The van der Waals surface area contributed by atoms with Crippen LogP contribution in [0.15, 0.2) is 35.6 Å². The first-order chi connectivity index (χ1) is 10.9. The minimum atomic E-state index is 0. The van der Waals surface area contributed by atoms with Crippen molar-refractivity contribution in [1.82, 2.24) is 9.80 Å². The van der Waals surface area contributed by atoms with Gasteiger partial charge in [0.15, 0.2) is 5.78 Å². The largest absolute Gasteiger partial charge is 0.369 e. The Morgan fingerprint density at radius 2 is 1.54 bits per heavy atom. The number of hydrogen-bond donors (Lipinski definition) is 0. The molecule has 1 heterocycles. The Morgan fingerprint density at radius 1 is 0.958 bits per heavy atom. The van der Waals surface area contributed by atoms with Gasteiger partial charge in [-0.1, -0.05) is 47.3 Å². The number of allylic oxidation sites excluding steroid dienone is 5. The molecule has 3 nitrogen and oxygen atoms in total. The van der Waals surface area contributed by atoms with E-state index in [9.17, 15) is 4.79 Å². The molecule has 24 heavy (non-hydrogen) atoms. The van der Waals surface area contributed by atoms with Crippen LogP contribution in [0.3, 0.4) is 0 Å². The molecule has 0 N–H and O–H groups in total. The van der Waals surface area contributed by atoms with Crippen molar-refractivity contribution in [2.24, 2.45) is 11.8 Å². The van der Waals surface area contributed by atoms with E-state index in [1.165, 1.54) is 12.2 Å². The standard InChI is InChI=1S/C20H34N2O.CH4/c1-7-18(20(23)17(5)6)9-10-19(8-2)22-13-11-21(12-14-22)15-16(3)4;/h7-10,16-17H,11-15H2,1-6H3;1H4/b10-9-,18-7+,19-8+;. The quantitative estimate of drug-likeness (QED) is 0.505. The highest BCUT2D eigenvalue weighted by atomic mass is 16.1. The number of hydrogen-bond acceptors (Lipinski definition) is 3. The summed E-state index contributed by atoms with van der Waals surface area (Å²) in [4.78, 5) is 17.1. The molecule has 1 fully saturated rings. The predicted molar refractivity (Wildman–Crippen MR) is 106 cm³/mol. The van der Waals surface area contributed by atoms with E-state index in [-0.39, 0.29) is 19.1 Å². The third-order valence-electron chi connectivity index (χ3n) is 4.21. The summed E-state index contributed by atoms with van der Waals surface area (Å²) in [6.07, 6.45) is 8.11. The van der Waals surface area contributed by atoms with Crippen LogP contribution in [0.5, 0.6) is 0 Å². The first-order valence-electron chi connectivity index (χ1n) is 8.91. The molecular weight excluding hydrogens is 296 g/mol. The van der Waals surface area contributed by atoms with Gasteiger partial charge in [-0.15, -0.1) is 0 Å². The summed E-state index contributed by atoms with van der Waals surface area (Å²) >= 11 is 0. The monoisotopic (exact) mass is 334 g/mol. The van der Waals surface area contributed by atoms with Crippen molar-refractivity contribution in [2.75, 3.05) is 32.7 Å². The third-order valence-corrected chi connectivity index (χ3v) is 4.21. The highest BCUT2D eigenvalue weighted by molar-refractivity contribution is 5.99. The topological polar surface area (TPSA) is 23.6 Å². The van der Waals surface area contributed by atoms with E-state index in [0.717, 1.165) is 37.7 Å². The molecule has 1 aliphatic heterocycles. The number of carbonyl (C=O) groups excluding carboxylic acids is 1. The Hall–Kier alpha value is -1.35. The van der Waals surface area contributed by atoms with Crippen LogP contribution in [0, 0.1) is 11.8 Å². The Bertz CT molecular complexity index is 464. The van der Waals surface area contributed by atoms with Crippen molar-refractivity contribution in [3.8, 4) is 0 Å². The van der Waals surface area contributed by atoms with Gasteiger partial charge in [-0.25, -0.2) is 0 Å². The van der Waals surface area contributed by atoms with Crippen molar-refractivity contribution >= 4 is 5.78 Å². The lowest BCUT2D eigenvalue weighted by Crippen LogP contribution is -2.46. The van der Waals surface area contributed by atoms with Crippen LogP contribution >= 0.6 is 0 Å². The number of Topliss-reactive ketones (excluding diaryl/α,β-unsaturated/α-hetero) is 1. The predicted octanol–water partition coefficient (Wildman–Crippen LogP) is 4.53. The van der Waals surface area contributed by atoms with Crippen molar-refractivity contribution in [2.45, 2.75) is 49.0 Å². The van der Waals surface area contributed by atoms with Gasteiger partial charge in [-0.2, -0.15) is 0 Å². The van der Waals surface area contributed by atoms with E-state index < -0.39 is 0 Å². The molecule has 138 valence electrons. The maximum atomic E-state index is 12.1. The average Bonchev–Trinajstić information content (AvgIpc) is 2.51. The average molecular weight is 335 g/mol. The van der Waals surface area contributed by atoms with Gasteiger partial charge in [0, 0.05) is 49.9 Å². The van der Waals surface area contributed by atoms with Crippen molar-refractivity contribution in [1.29, 1.82) is 0 Å². The second kappa shape index (κ2) is 11.2. The van der Waals surface area contributed by atoms with Crippen molar-refractivity contribution in [3.63, 3.8) is 0 Å². The van der Waals surface area contributed by atoms with E-state index in [0.29, 0.717) is 0 Å². The van der Waals surface area contributed by atoms with E-state index in [2.05, 4.69) is 42.7 Å². The normalized spacial score (nSPS) is 17.8. The molecule has 0 aliphatic carbocycles. The fourth-order valence-corrected chi connectivity index (χ4v) is 2.92. The Balaban J connectivity index is 0.00000529. The van der Waals surface area contributed by atoms with Gasteiger partial charge in [0.05, 0.1) is 0 Å². The molecule has 0 bridgehead atoms. The molecule has 0 radical (unpaired) electrons. The smallest absolute Gasteiger partial charge is 0.165 e. The van der Waals surface area contributed by atoms with Crippen LogP contribution in [0.25, 0.3) is 0 Å². The van der Waals surface area contributed by atoms with Crippen LogP contribution in [0.2, 0.25) is 0 Å². The van der Waals surface area contributed by atoms with Gasteiger partial charge in [0.1, 0.15) is 0 Å². The fraction of sp³-hybridized carbons (Fsp3) is 0.667. The van der Waals surface area contributed by atoms with Gasteiger partial charge in [-0.3, -0.25) is 9.69 Å². The maximum absolute atomic E-state index is 12.1. The molecule has 0 saturated carbocycles. The molecule has 0 aromatic heterocycles. The first kappa shape index (κ1) is 22.6. The van der Waals surface area contributed by atoms with Crippen LogP contribution in [-0.2, 0) is 4.79 Å².